The number of allylic oxidation sites excluding steroid dienone is 4. The number of carbonyl (C=O) groups excluding carboxylic acids is 1. The van der Waals surface area contributed by atoms with Gasteiger partial charge in [-0.1, -0.05) is 32.6 Å². The molecule has 2 rings (SSSR count). The summed E-state index contributed by atoms with van der Waals surface area (Å²) < 4.78 is 19.6. The number of carbonyl (C=O) groups is 1. The van der Waals surface area contributed by atoms with E-state index in [1.807, 2.05) is 6.08 Å². The van der Waals surface area contributed by atoms with Gasteiger partial charge in [0.2, 0.25) is 0 Å². The first-order chi connectivity index (χ1) is 9.12. The zero-order valence-corrected chi connectivity index (χ0v) is 12.5. The van der Waals surface area contributed by atoms with E-state index in [2.05, 4.69) is 20.4 Å². The number of hydrogen-bond donors (Lipinski definition) is 0. The number of alkyl halides is 1. The van der Waals surface area contributed by atoms with Gasteiger partial charge in [-0.3, -0.25) is 0 Å². The molecule has 2 atom stereocenters. The highest BCUT2D eigenvalue weighted by atomic mass is 19.1. The van der Waals surface area contributed by atoms with Crippen molar-refractivity contribution in [1.82, 2.24) is 0 Å². The smallest absolute Gasteiger partial charge is 0.333 e. The third-order valence-corrected chi connectivity index (χ3v) is 3.85. The van der Waals surface area contributed by atoms with Crippen molar-refractivity contribution in [2.75, 3.05) is 0 Å². The first-order valence-corrected chi connectivity index (χ1v) is 6.81. The highest BCUT2D eigenvalue weighted by Crippen LogP contribution is 2.46. The maximum Gasteiger partial charge on any atom is 0.333 e. The third-order valence-electron chi connectivity index (χ3n) is 3.85. The Morgan fingerprint density at radius 1 is 1.35 bits per heavy atom. The van der Waals surface area contributed by atoms with E-state index in [0.29, 0.717) is 12.0 Å². The highest BCUT2D eigenvalue weighted by Gasteiger charge is 2.40. The second-order valence-corrected chi connectivity index (χ2v) is 6.45. The minimum Gasteiger partial charge on any atom is -0.454 e. The fourth-order valence-corrected chi connectivity index (χ4v) is 2.66. The molecule has 0 saturated carbocycles. The minimum absolute atomic E-state index is 0.142. The van der Waals surface area contributed by atoms with Crippen LogP contribution in [0.5, 0.6) is 0 Å². The molecule has 2 nitrogen and oxygen atoms in total. The van der Waals surface area contributed by atoms with Crippen molar-refractivity contribution >= 4 is 5.97 Å². The van der Waals surface area contributed by atoms with Crippen LogP contribution in [-0.2, 0) is 9.53 Å². The third kappa shape index (κ3) is 2.77. The molecule has 3 heteroatoms. The van der Waals surface area contributed by atoms with E-state index in [0.717, 1.165) is 11.1 Å². The van der Waals surface area contributed by atoms with Crippen LogP contribution in [0.4, 0.5) is 4.39 Å². The maximum atomic E-state index is 14.1. The normalized spacial score (nSPS) is 30.9. The topological polar surface area (TPSA) is 26.3 Å². The molecular formula is C17H21FO2. The lowest BCUT2D eigenvalue weighted by molar-refractivity contribution is -0.142. The molecule has 0 N–H and O–H groups in total. The zero-order valence-electron chi connectivity index (χ0n) is 12.5. The van der Waals surface area contributed by atoms with Gasteiger partial charge in [-0.25, -0.2) is 9.18 Å². The predicted octanol–water partition coefficient (Wildman–Crippen LogP) is 4.06. The molecule has 0 aromatic rings. The molecule has 20 heavy (non-hydrogen) atoms. The molecule has 0 amide bonds. The molecule has 108 valence electrons. The summed E-state index contributed by atoms with van der Waals surface area (Å²) in [5.74, 6) is -0.399. The Bertz CT molecular complexity index is 547. The van der Waals surface area contributed by atoms with Crippen LogP contribution in [0.3, 0.4) is 0 Å². The molecule has 0 heterocycles. The van der Waals surface area contributed by atoms with Crippen LogP contribution in [-0.4, -0.2) is 17.7 Å². The second-order valence-electron chi connectivity index (χ2n) is 6.45. The van der Waals surface area contributed by atoms with Crippen LogP contribution in [0.1, 0.15) is 34.1 Å². The largest absolute Gasteiger partial charge is 0.454 e. The average Bonchev–Trinajstić information content (AvgIpc) is 2.43. The first-order valence-electron chi connectivity index (χ1n) is 6.81. The standard InChI is InChI=1S/C17H21FO2/c1-11(2)15(19)20-14-10-16(3,4)13-7-9-17(5,18)8-6-12(13)14/h6-9,14H,1,10H2,2-5H3. The Labute approximate surface area is 119 Å². The molecule has 0 aromatic carbocycles. The number of esters is 1. The first kappa shape index (κ1) is 14.8. The van der Waals surface area contributed by atoms with Crippen molar-refractivity contribution in [2.45, 2.75) is 45.9 Å². The molecule has 0 spiro atoms. The molecule has 2 unspecified atom stereocenters. The van der Waals surface area contributed by atoms with Crippen molar-refractivity contribution in [3.8, 4) is 0 Å². The fourth-order valence-electron chi connectivity index (χ4n) is 2.66. The molecule has 2 aliphatic rings. The molecule has 2 aliphatic carbocycles. The molecule has 0 bridgehead atoms. The Morgan fingerprint density at radius 2 is 1.95 bits per heavy atom. The minimum atomic E-state index is -1.47. The summed E-state index contributed by atoms with van der Waals surface area (Å²) in [6.45, 7) is 10.9. The van der Waals surface area contributed by atoms with E-state index in [1.165, 1.54) is 13.0 Å². The molecule has 0 aromatic heterocycles. The van der Waals surface area contributed by atoms with E-state index in [1.54, 1.807) is 19.1 Å². The van der Waals surface area contributed by atoms with Crippen molar-refractivity contribution in [2.24, 2.45) is 5.41 Å². The Morgan fingerprint density at radius 3 is 2.55 bits per heavy atom. The Balaban J connectivity index is 2.35. The summed E-state index contributed by atoms with van der Waals surface area (Å²) in [7, 11) is 0. The number of ether oxygens (including phenoxy) is 1. The SMILES string of the molecule is C=C(C)C(=O)OC1CC(C)(C)C2=C1C=CC(C)(F)C=C2. The quantitative estimate of drug-likeness (QED) is 0.561. The molecular weight excluding hydrogens is 255 g/mol. The van der Waals surface area contributed by atoms with Crippen LogP contribution in [0.15, 0.2) is 47.6 Å². The van der Waals surface area contributed by atoms with Crippen LogP contribution in [0.2, 0.25) is 0 Å². The molecule has 0 saturated heterocycles. The van der Waals surface area contributed by atoms with E-state index in [4.69, 9.17) is 4.74 Å². The lowest BCUT2D eigenvalue weighted by atomic mass is 9.85. The summed E-state index contributed by atoms with van der Waals surface area (Å²) >= 11 is 0. The predicted molar refractivity (Wildman–Crippen MR) is 77.9 cm³/mol. The van der Waals surface area contributed by atoms with Gasteiger partial charge in [0.15, 0.2) is 0 Å². The fraction of sp³-hybridized carbons (Fsp3) is 0.471. The monoisotopic (exact) mass is 276 g/mol. The van der Waals surface area contributed by atoms with Gasteiger partial charge in [-0.05, 0) is 49.0 Å². The van der Waals surface area contributed by atoms with Crippen LogP contribution >= 0.6 is 0 Å². The summed E-state index contributed by atoms with van der Waals surface area (Å²) in [6, 6.07) is 0. The lowest BCUT2D eigenvalue weighted by Crippen LogP contribution is -2.21. The molecule has 0 fully saturated rings. The molecule has 0 radical (unpaired) electrons. The maximum absolute atomic E-state index is 14.1. The van der Waals surface area contributed by atoms with Gasteiger partial charge in [0.25, 0.3) is 0 Å². The van der Waals surface area contributed by atoms with Crippen molar-refractivity contribution in [1.29, 1.82) is 0 Å². The summed E-state index contributed by atoms with van der Waals surface area (Å²) in [5, 5.41) is 0. The van der Waals surface area contributed by atoms with E-state index in [9.17, 15) is 9.18 Å². The van der Waals surface area contributed by atoms with Gasteiger partial charge >= 0.3 is 5.97 Å². The van der Waals surface area contributed by atoms with Crippen LogP contribution in [0.25, 0.3) is 0 Å². The van der Waals surface area contributed by atoms with Gasteiger partial charge in [0.05, 0.1) is 0 Å². The number of rotatable bonds is 2. The van der Waals surface area contributed by atoms with Crippen LogP contribution < -0.4 is 0 Å². The second kappa shape index (κ2) is 4.72. The average molecular weight is 276 g/mol. The van der Waals surface area contributed by atoms with Crippen molar-refractivity contribution in [3.05, 3.63) is 47.6 Å². The van der Waals surface area contributed by atoms with Gasteiger partial charge in [0.1, 0.15) is 11.8 Å². The molecule has 0 aliphatic heterocycles. The van der Waals surface area contributed by atoms with Crippen molar-refractivity contribution in [3.63, 3.8) is 0 Å². The lowest BCUT2D eigenvalue weighted by Gasteiger charge is -2.22. The van der Waals surface area contributed by atoms with Crippen LogP contribution in [0, 0.1) is 5.41 Å². The number of halogens is 1. The number of hydrogen-bond acceptors (Lipinski definition) is 2. The van der Waals surface area contributed by atoms with E-state index >= 15 is 0 Å². The Hall–Kier alpha value is -1.64. The summed E-state index contributed by atoms with van der Waals surface area (Å²) in [4.78, 5) is 11.7. The summed E-state index contributed by atoms with van der Waals surface area (Å²) in [5.41, 5.74) is 0.692. The highest BCUT2D eigenvalue weighted by molar-refractivity contribution is 5.87. The van der Waals surface area contributed by atoms with Crippen molar-refractivity contribution < 1.29 is 13.9 Å². The van der Waals surface area contributed by atoms with Gasteiger partial charge in [-0.2, -0.15) is 0 Å². The summed E-state index contributed by atoms with van der Waals surface area (Å²) in [6.07, 6.45) is 7.00. The Kier molecular flexibility index (Phi) is 3.49. The van der Waals surface area contributed by atoms with Gasteiger partial charge in [-0.15, -0.1) is 0 Å². The van der Waals surface area contributed by atoms with Gasteiger partial charge in [0, 0.05) is 5.57 Å². The van der Waals surface area contributed by atoms with E-state index in [-0.39, 0.29) is 11.5 Å². The van der Waals surface area contributed by atoms with Gasteiger partial charge < -0.3 is 4.74 Å². The zero-order chi connectivity index (χ0) is 15.1. The van der Waals surface area contributed by atoms with E-state index < -0.39 is 11.6 Å².